The Bertz CT molecular complexity index is 3480. The standard InChI is InChI=1S/C52H32N2OS/c1-2-12-36(13-3-1)54-45-17-8-6-15-40(45)43-31-35(24-29-46(43)54)33-21-25-37(26-22-33)53(38-27-30-50-44(32-38)41-16-7-9-20-49(41)56-50)47-18-10-19-48-51(47)42-28-23-34-11-4-5-14-39(34)52(42)55-48/h1-32H. The Morgan fingerprint density at radius 2 is 1.14 bits per heavy atom. The van der Waals surface area contributed by atoms with Gasteiger partial charge in [-0.1, -0.05) is 109 Å². The molecule has 4 heteroatoms. The van der Waals surface area contributed by atoms with Crippen LogP contribution in [0.2, 0.25) is 0 Å². The molecular formula is C52H32N2OS. The van der Waals surface area contributed by atoms with E-state index in [-0.39, 0.29) is 0 Å². The van der Waals surface area contributed by atoms with Crippen molar-refractivity contribution < 1.29 is 4.42 Å². The van der Waals surface area contributed by atoms with E-state index in [0.29, 0.717) is 0 Å². The first-order chi connectivity index (χ1) is 27.8. The lowest BCUT2D eigenvalue weighted by molar-refractivity contribution is 0.672. The molecule has 0 saturated heterocycles. The Kier molecular flexibility index (Phi) is 6.80. The van der Waals surface area contributed by atoms with Gasteiger partial charge in [-0.25, -0.2) is 0 Å². The zero-order chi connectivity index (χ0) is 36.7. The van der Waals surface area contributed by atoms with E-state index in [1.807, 2.05) is 11.3 Å². The van der Waals surface area contributed by atoms with Crippen LogP contribution in [0.4, 0.5) is 17.1 Å². The van der Waals surface area contributed by atoms with Crippen molar-refractivity contribution in [2.24, 2.45) is 0 Å². The van der Waals surface area contributed by atoms with Gasteiger partial charge in [-0.15, -0.1) is 11.3 Å². The molecule has 0 unspecified atom stereocenters. The summed E-state index contributed by atoms with van der Waals surface area (Å²) in [4.78, 5) is 2.40. The molecule has 0 aliphatic heterocycles. The van der Waals surface area contributed by atoms with Crippen molar-refractivity contribution in [1.29, 1.82) is 0 Å². The van der Waals surface area contributed by atoms with Gasteiger partial charge in [0.15, 0.2) is 0 Å². The van der Waals surface area contributed by atoms with Gasteiger partial charge in [0, 0.05) is 58.8 Å². The molecule has 3 aromatic heterocycles. The van der Waals surface area contributed by atoms with Gasteiger partial charge in [-0.2, -0.15) is 0 Å². The van der Waals surface area contributed by atoms with Crippen molar-refractivity contribution >= 4 is 103 Å². The maximum absolute atomic E-state index is 6.69. The molecule has 0 aliphatic rings. The molecule has 0 atom stereocenters. The van der Waals surface area contributed by atoms with Crippen LogP contribution in [0.1, 0.15) is 0 Å². The second kappa shape index (κ2) is 12.2. The highest BCUT2D eigenvalue weighted by atomic mass is 32.1. The second-order valence-electron chi connectivity index (χ2n) is 14.5. The van der Waals surface area contributed by atoms with Crippen molar-refractivity contribution in [3.8, 4) is 16.8 Å². The van der Waals surface area contributed by atoms with Gasteiger partial charge in [-0.05, 0) is 101 Å². The molecule has 0 N–H and O–H groups in total. The van der Waals surface area contributed by atoms with Gasteiger partial charge in [0.2, 0.25) is 0 Å². The SMILES string of the molecule is c1ccc(-n2c3ccccc3c3cc(-c4ccc(N(c5ccc6sc7ccccc7c6c5)c5cccc6oc7c8ccccc8ccc7c56)cc4)ccc32)cc1. The van der Waals surface area contributed by atoms with Gasteiger partial charge in [0.25, 0.3) is 0 Å². The van der Waals surface area contributed by atoms with E-state index in [2.05, 4.69) is 204 Å². The number of nitrogens with zero attached hydrogens (tertiary/aromatic N) is 2. The third kappa shape index (κ3) is 4.70. The zero-order valence-electron chi connectivity index (χ0n) is 30.2. The fraction of sp³-hybridized carbons (Fsp3) is 0. The first-order valence-electron chi connectivity index (χ1n) is 19.0. The van der Waals surface area contributed by atoms with Crippen LogP contribution in [0, 0.1) is 0 Å². The molecule has 0 fully saturated rings. The van der Waals surface area contributed by atoms with Crippen LogP contribution in [-0.2, 0) is 0 Å². The number of thiophene rings is 1. The largest absolute Gasteiger partial charge is 0.455 e. The molecular weight excluding hydrogens is 701 g/mol. The number of benzene rings is 9. The third-order valence-corrected chi connectivity index (χ3v) is 12.5. The average Bonchev–Trinajstić information content (AvgIpc) is 3.94. The maximum Gasteiger partial charge on any atom is 0.143 e. The molecule has 0 aliphatic carbocycles. The minimum absolute atomic E-state index is 0.875. The van der Waals surface area contributed by atoms with Gasteiger partial charge >= 0.3 is 0 Å². The number of hydrogen-bond donors (Lipinski definition) is 0. The van der Waals surface area contributed by atoms with Crippen molar-refractivity contribution in [2.45, 2.75) is 0 Å². The van der Waals surface area contributed by atoms with Gasteiger partial charge in [0.05, 0.1) is 22.1 Å². The number of hydrogen-bond acceptors (Lipinski definition) is 3. The molecule has 56 heavy (non-hydrogen) atoms. The lowest BCUT2D eigenvalue weighted by Crippen LogP contribution is -2.10. The predicted octanol–water partition coefficient (Wildman–Crippen LogP) is 15.3. The summed E-state index contributed by atoms with van der Waals surface area (Å²) in [5.41, 5.74) is 11.0. The Balaban J connectivity index is 1.04. The van der Waals surface area contributed by atoms with E-state index in [4.69, 9.17) is 4.42 Å². The third-order valence-electron chi connectivity index (χ3n) is 11.4. The first-order valence-corrected chi connectivity index (χ1v) is 19.8. The Hall–Kier alpha value is -7.14. The number of furan rings is 1. The maximum atomic E-state index is 6.69. The molecule has 12 rings (SSSR count). The van der Waals surface area contributed by atoms with E-state index >= 15 is 0 Å². The fourth-order valence-electron chi connectivity index (χ4n) is 8.81. The quantitative estimate of drug-likeness (QED) is 0.176. The van der Waals surface area contributed by atoms with Crippen LogP contribution in [-0.4, -0.2) is 4.57 Å². The summed E-state index contributed by atoms with van der Waals surface area (Å²) in [6.45, 7) is 0. The Labute approximate surface area is 326 Å². The molecule has 0 amide bonds. The van der Waals surface area contributed by atoms with Gasteiger partial charge < -0.3 is 13.9 Å². The summed E-state index contributed by atoms with van der Waals surface area (Å²) < 4.78 is 11.6. The normalized spacial score (nSPS) is 11.9. The summed E-state index contributed by atoms with van der Waals surface area (Å²) in [6, 6.07) is 70.2. The summed E-state index contributed by atoms with van der Waals surface area (Å²) in [5.74, 6) is 0. The van der Waals surface area contributed by atoms with Crippen LogP contribution in [0.15, 0.2) is 199 Å². The molecule has 262 valence electrons. The van der Waals surface area contributed by atoms with E-state index in [1.54, 1.807) is 0 Å². The minimum atomic E-state index is 0.875. The molecule has 3 heterocycles. The number of fused-ring (bicyclic) bond motifs is 11. The van der Waals surface area contributed by atoms with Gasteiger partial charge in [0.1, 0.15) is 11.2 Å². The Morgan fingerprint density at radius 1 is 0.429 bits per heavy atom. The number of rotatable bonds is 5. The smallest absolute Gasteiger partial charge is 0.143 e. The molecule has 0 bridgehead atoms. The summed E-state index contributed by atoms with van der Waals surface area (Å²) in [6.07, 6.45) is 0. The Morgan fingerprint density at radius 3 is 2.04 bits per heavy atom. The van der Waals surface area contributed by atoms with E-state index < -0.39 is 0 Å². The van der Waals surface area contributed by atoms with E-state index in [9.17, 15) is 0 Å². The lowest BCUT2D eigenvalue weighted by atomic mass is 10.0. The summed E-state index contributed by atoms with van der Waals surface area (Å²) in [5, 5.41) is 9.56. The van der Waals surface area contributed by atoms with E-state index in [0.717, 1.165) is 50.1 Å². The molecule has 0 radical (unpaired) electrons. The highest BCUT2D eigenvalue weighted by Gasteiger charge is 2.22. The number of anilines is 3. The molecule has 12 aromatic rings. The molecule has 3 nitrogen and oxygen atoms in total. The molecule has 9 aromatic carbocycles. The monoisotopic (exact) mass is 732 g/mol. The summed E-state index contributed by atoms with van der Waals surface area (Å²) >= 11 is 1.85. The van der Waals surface area contributed by atoms with Crippen LogP contribution in [0.25, 0.3) is 91.5 Å². The first kappa shape index (κ1) is 31.2. The van der Waals surface area contributed by atoms with Gasteiger partial charge in [-0.3, -0.25) is 0 Å². The van der Waals surface area contributed by atoms with Crippen molar-refractivity contribution in [1.82, 2.24) is 4.57 Å². The lowest BCUT2D eigenvalue weighted by Gasteiger charge is -2.26. The predicted molar refractivity (Wildman–Crippen MR) is 239 cm³/mol. The average molecular weight is 733 g/mol. The van der Waals surface area contributed by atoms with Crippen LogP contribution in [0.5, 0.6) is 0 Å². The topological polar surface area (TPSA) is 21.3 Å². The van der Waals surface area contributed by atoms with Crippen LogP contribution >= 0.6 is 11.3 Å². The molecule has 0 saturated carbocycles. The van der Waals surface area contributed by atoms with Crippen molar-refractivity contribution in [2.75, 3.05) is 4.90 Å². The molecule has 0 spiro atoms. The minimum Gasteiger partial charge on any atom is -0.455 e. The fourth-order valence-corrected chi connectivity index (χ4v) is 9.90. The van der Waals surface area contributed by atoms with E-state index in [1.165, 1.54) is 58.5 Å². The number of aromatic nitrogens is 1. The highest BCUT2D eigenvalue weighted by Crippen LogP contribution is 2.46. The zero-order valence-corrected chi connectivity index (χ0v) is 31.0. The number of para-hydroxylation sites is 2. The second-order valence-corrected chi connectivity index (χ2v) is 15.6. The highest BCUT2D eigenvalue weighted by molar-refractivity contribution is 7.25. The van der Waals surface area contributed by atoms with Crippen molar-refractivity contribution in [3.63, 3.8) is 0 Å². The van der Waals surface area contributed by atoms with Crippen LogP contribution in [0.3, 0.4) is 0 Å². The van der Waals surface area contributed by atoms with Crippen LogP contribution < -0.4 is 4.90 Å². The summed E-state index contributed by atoms with van der Waals surface area (Å²) in [7, 11) is 0. The van der Waals surface area contributed by atoms with Crippen molar-refractivity contribution in [3.05, 3.63) is 194 Å².